The predicted octanol–water partition coefficient (Wildman–Crippen LogP) is 4.74. The van der Waals surface area contributed by atoms with Crippen LogP contribution in [0.2, 0.25) is 5.02 Å². The van der Waals surface area contributed by atoms with E-state index < -0.39 is 5.92 Å². The molecule has 2 aromatic rings. The van der Waals surface area contributed by atoms with Crippen molar-refractivity contribution in [1.29, 1.82) is 5.26 Å². The average molecular weight is 437 g/mol. The Morgan fingerprint density at radius 3 is 2.71 bits per heavy atom. The van der Waals surface area contributed by atoms with E-state index in [9.17, 15) is 10.1 Å². The van der Waals surface area contributed by atoms with Crippen molar-refractivity contribution in [3.8, 4) is 17.6 Å². The Morgan fingerprint density at radius 2 is 2.00 bits per heavy atom. The van der Waals surface area contributed by atoms with Gasteiger partial charge in [-0.2, -0.15) is 5.26 Å². The number of hydrogen-bond acceptors (Lipinski definition) is 6. The summed E-state index contributed by atoms with van der Waals surface area (Å²) in [5.41, 5.74) is 8.34. The number of carbonyl (C=O) groups excluding carboxylic acids is 1. The number of allylic oxidation sites excluding steroid dienone is 3. The fourth-order valence-corrected chi connectivity index (χ4v) is 4.10. The molecule has 7 heteroatoms. The molecule has 2 N–H and O–H groups in total. The maximum absolute atomic E-state index is 12.8. The topological polar surface area (TPSA) is 94.6 Å². The Balaban J connectivity index is 1.72. The number of methoxy groups -OCH3 is 1. The zero-order valence-corrected chi connectivity index (χ0v) is 17.7. The number of nitrogens with zero attached hydrogens (tertiary/aromatic N) is 1. The molecule has 0 amide bonds. The monoisotopic (exact) mass is 436 g/mol. The highest BCUT2D eigenvalue weighted by Crippen LogP contribution is 2.44. The lowest BCUT2D eigenvalue weighted by Gasteiger charge is -2.31. The summed E-state index contributed by atoms with van der Waals surface area (Å²) in [6.45, 7) is 0.239. The van der Waals surface area contributed by atoms with Crippen molar-refractivity contribution in [3.63, 3.8) is 0 Å². The molecule has 6 nitrogen and oxygen atoms in total. The molecular weight excluding hydrogens is 416 g/mol. The van der Waals surface area contributed by atoms with Crippen LogP contribution in [0.3, 0.4) is 0 Å². The quantitative estimate of drug-likeness (QED) is 0.727. The highest BCUT2D eigenvalue weighted by atomic mass is 35.5. The third-order valence-corrected chi connectivity index (χ3v) is 5.70. The molecule has 31 heavy (non-hydrogen) atoms. The zero-order chi connectivity index (χ0) is 22.0. The van der Waals surface area contributed by atoms with Gasteiger partial charge in [-0.15, -0.1) is 0 Å². The Kier molecular flexibility index (Phi) is 5.88. The van der Waals surface area contributed by atoms with E-state index in [1.165, 1.54) is 0 Å². The molecule has 1 unspecified atom stereocenters. The second-order valence-electron chi connectivity index (χ2n) is 7.35. The summed E-state index contributed by atoms with van der Waals surface area (Å²) >= 11 is 5.93. The summed E-state index contributed by atoms with van der Waals surface area (Å²) in [4.78, 5) is 12.8. The van der Waals surface area contributed by atoms with E-state index in [0.717, 1.165) is 11.1 Å². The van der Waals surface area contributed by atoms with Crippen LogP contribution < -0.4 is 15.2 Å². The lowest BCUT2D eigenvalue weighted by molar-refractivity contribution is -0.116. The highest BCUT2D eigenvalue weighted by molar-refractivity contribution is 6.30. The zero-order valence-electron chi connectivity index (χ0n) is 17.0. The number of rotatable bonds is 5. The molecule has 1 atom stereocenters. The summed E-state index contributed by atoms with van der Waals surface area (Å²) in [6.07, 6.45) is 1.77. The van der Waals surface area contributed by atoms with Crippen LogP contribution >= 0.6 is 11.6 Å². The molecular formula is C24H21ClN2O4. The second-order valence-corrected chi connectivity index (χ2v) is 7.79. The van der Waals surface area contributed by atoms with Crippen LogP contribution in [0.4, 0.5) is 0 Å². The van der Waals surface area contributed by atoms with Gasteiger partial charge in [0.25, 0.3) is 0 Å². The van der Waals surface area contributed by atoms with Crippen LogP contribution in [-0.2, 0) is 16.1 Å². The molecule has 158 valence electrons. The van der Waals surface area contributed by atoms with Gasteiger partial charge in [0.2, 0.25) is 5.88 Å². The second kappa shape index (κ2) is 8.75. The average Bonchev–Trinajstić information content (AvgIpc) is 2.77. The SMILES string of the molecule is COc1ccc(C2C(C#N)=C(N)OC3=C2C(=O)CCC3)cc1COc1ccc(Cl)cc1. The number of hydrogen-bond donors (Lipinski definition) is 1. The Hall–Kier alpha value is -3.43. The van der Waals surface area contributed by atoms with Gasteiger partial charge in [-0.1, -0.05) is 17.7 Å². The highest BCUT2D eigenvalue weighted by Gasteiger charge is 2.38. The van der Waals surface area contributed by atoms with Crippen molar-refractivity contribution in [1.82, 2.24) is 0 Å². The minimum absolute atomic E-state index is 0.0127. The van der Waals surface area contributed by atoms with Crippen molar-refractivity contribution in [2.45, 2.75) is 31.8 Å². The van der Waals surface area contributed by atoms with Crippen molar-refractivity contribution in [2.24, 2.45) is 5.73 Å². The van der Waals surface area contributed by atoms with Crippen molar-refractivity contribution < 1.29 is 19.0 Å². The number of nitrogens with two attached hydrogens (primary N) is 1. The number of benzene rings is 2. The lowest BCUT2D eigenvalue weighted by Crippen LogP contribution is -2.27. The van der Waals surface area contributed by atoms with Crippen LogP contribution in [0.25, 0.3) is 0 Å². The summed E-state index contributed by atoms with van der Waals surface area (Å²) in [5.74, 6) is 1.34. The number of Topliss-reactive ketones (excluding diaryl/α,β-unsaturated/α-hetero) is 1. The molecule has 0 aromatic heterocycles. The molecule has 0 saturated heterocycles. The lowest BCUT2D eigenvalue weighted by atomic mass is 9.77. The molecule has 0 spiro atoms. The van der Waals surface area contributed by atoms with E-state index in [-0.39, 0.29) is 23.8 Å². The minimum atomic E-state index is -0.568. The van der Waals surface area contributed by atoms with Gasteiger partial charge in [0.15, 0.2) is 5.78 Å². The Bertz CT molecular complexity index is 1130. The van der Waals surface area contributed by atoms with E-state index in [4.69, 9.17) is 31.5 Å². The number of halogens is 1. The predicted molar refractivity (Wildman–Crippen MR) is 115 cm³/mol. The molecule has 0 bridgehead atoms. The van der Waals surface area contributed by atoms with Crippen molar-refractivity contribution >= 4 is 17.4 Å². The van der Waals surface area contributed by atoms with Gasteiger partial charge < -0.3 is 19.9 Å². The molecule has 1 aliphatic carbocycles. The van der Waals surface area contributed by atoms with Crippen molar-refractivity contribution in [2.75, 3.05) is 7.11 Å². The number of ketones is 1. The van der Waals surface area contributed by atoms with Crippen LogP contribution in [0.1, 0.15) is 36.3 Å². The fraction of sp³-hybridized carbons (Fsp3) is 0.250. The van der Waals surface area contributed by atoms with Crippen LogP contribution in [0.5, 0.6) is 11.5 Å². The van der Waals surface area contributed by atoms with Crippen LogP contribution in [0.15, 0.2) is 65.3 Å². The molecule has 0 radical (unpaired) electrons. The van der Waals surface area contributed by atoms with Gasteiger partial charge in [0, 0.05) is 29.0 Å². The first-order valence-corrected chi connectivity index (χ1v) is 10.3. The maximum Gasteiger partial charge on any atom is 0.205 e. The molecule has 0 fully saturated rings. The minimum Gasteiger partial charge on any atom is -0.496 e. The first-order valence-electron chi connectivity index (χ1n) is 9.90. The van der Waals surface area contributed by atoms with Crippen LogP contribution in [0, 0.1) is 11.3 Å². The first-order chi connectivity index (χ1) is 15.0. The van der Waals surface area contributed by atoms with Crippen molar-refractivity contribution in [3.05, 3.63) is 81.4 Å². The van der Waals surface area contributed by atoms with Gasteiger partial charge in [0.05, 0.1) is 13.0 Å². The summed E-state index contributed by atoms with van der Waals surface area (Å²) in [6, 6.07) is 14.8. The first kappa shape index (κ1) is 20.8. The Morgan fingerprint density at radius 1 is 1.23 bits per heavy atom. The standard InChI is InChI=1S/C24H21ClN2O4/c1-29-20-10-5-14(11-15(20)13-30-17-8-6-16(25)7-9-17)22-18(12-26)24(27)31-21-4-2-3-19(28)23(21)22/h5-11,22H,2-4,13,27H2,1H3. The summed E-state index contributed by atoms with van der Waals surface area (Å²) in [5, 5.41) is 10.4. The molecule has 1 aliphatic heterocycles. The summed E-state index contributed by atoms with van der Waals surface area (Å²) in [7, 11) is 1.58. The van der Waals surface area contributed by atoms with E-state index >= 15 is 0 Å². The largest absolute Gasteiger partial charge is 0.496 e. The number of nitriles is 1. The molecule has 0 saturated carbocycles. The molecule has 1 heterocycles. The Labute approximate surface area is 185 Å². The molecule has 2 aliphatic rings. The summed E-state index contributed by atoms with van der Waals surface area (Å²) < 4.78 is 17.0. The smallest absolute Gasteiger partial charge is 0.205 e. The third-order valence-electron chi connectivity index (χ3n) is 5.45. The maximum atomic E-state index is 12.8. The van der Waals surface area contributed by atoms with E-state index in [1.54, 1.807) is 31.4 Å². The van der Waals surface area contributed by atoms with Crippen LogP contribution in [-0.4, -0.2) is 12.9 Å². The van der Waals surface area contributed by atoms with E-state index in [2.05, 4.69) is 6.07 Å². The van der Waals surface area contributed by atoms with Gasteiger partial charge in [-0.3, -0.25) is 4.79 Å². The molecule has 4 rings (SSSR count). The van der Waals surface area contributed by atoms with E-state index in [0.29, 0.717) is 47.1 Å². The molecule has 2 aromatic carbocycles. The number of carbonyl (C=O) groups is 1. The van der Waals surface area contributed by atoms with Gasteiger partial charge in [-0.05, 0) is 48.4 Å². The van der Waals surface area contributed by atoms with Gasteiger partial charge in [-0.25, -0.2) is 0 Å². The fourth-order valence-electron chi connectivity index (χ4n) is 3.97. The van der Waals surface area contributed by atoms with Gasteiger partial charge >= 0.3 is 0 Å². The van der Waals surface area contributed by atoms with Gasteiger partial charge in [0.1, 0.15) is 35.5 Å². The number of ether oxygens (including phenoxy) is 3. The third kappa shape index (κ3) is 4.10. The van der Waals surface area contributed by atoms with E-state index in [1.807, 2.05) is 18.2 Å². The normalized spacial score (nSPS) is 18.2.